The fourth-order valence-electron chi connectivity index (χ4n) is 4.72. The molecule has 0 atom stereocenters. The zero-order valence-corrected chi connectivity index (χ0v) is 16.0. The van der Waals surface area contributed by atoms with Gasteiger partial charge in [0.2, 0.25) is 0 Å². The molecule has 142 valence electrons. The molecular formula is C20H26N6O. The molecule has 27 heavy (non-hydrogen) atoms. The van der Waals surface area contributed by atoms with Gasteiger partial charge in [0.1, 0.15) is 5.82 Å². The van der Waals surface area contributed by atoms with Crippen LogP contribution in [0.4, 0.5) is 0 Å². The van der Waals surface area contributed by atoms with Gasteiger partial charge in [0.15, 0.2) is 0 Å². The summed E-state index contributed by atoms with van der Waals surface area (Å²) < 4.78 is 9.50. The molecule has 5 heterocycles. The van der Waals surface area contributed by atoms with E-state index in [1.54, 1.807) is 6.26 Å². The summed E-state index contributed by atoms with van der Waals surface area (Å²) in [4.78, 5) is 9.97. The summed E-state index contributed by atoms with van der Waals surface area (Å²) in [6, 6.07) is 2.06. The molecule has 5 rings (SSSR count). The second kappa shape index (κ2) is 6.35. The molecule has 3 aromatic heterocycles. The van der Waals surface area contributed by atoms with Gasteiger partial charge in [0.05, 0.1) is 36.2 Å². The first-order chi connectivity index (χ1) is 13.2. The van der Waals surface area contributed by atoms with Crippen molar-refractivity contribution in [2.45, 2.75) is 31.5 Å². The van der Waals surface area contributed by atoms with Gasteiger partial charge in [-0.15, -0.1) is 0 Å². The van der Waals surface area contributed by atoms with Gasteiger partial charge in [0.25, 0.3) is 0 Å². The maximum absolute atomic E-state index is 5.22. The number of aryl methyl sites for hydroxylation is 1. The van der Waals surface area contributed by atoms with Crippen molar-refractivity contribution in [3.63, 3.8) is 0 Å². The van der Waals surface area contributed by atoms with E-state index in [1.165, 1.54) is 17.1 Å². The monoisotopic (exact) mass is 366 g/mol. The van der Waals surface area contributed by atoms with Crippen LogP contribution in [0.15, 0.2) is 41.6 Å². The lowest BCUT2D eigenvalue weighted by Gasteiger charge is -2.49. The highest BCUT2D eigenvalue weighted by Gasteiger charge is 2.45. The molecule has 0 bridgehead atoms. The Morgan fingerprint density at radius 3 is 2.67 bits per heavy atom. The van der Waals surface area contributed by atoms with Crippen molar-refractivity contribution in [3.8, 4) is 11.3 Å². The minimum absolute atomic E-state index is 0.0333. The topological polar surface area (TPSA) is 55.3 Å². The molecule has 1 fully saturated rings. The highest BCUT2D eigenvalue weighted by Crippen LogP contribution is 2.41. The van der Waals surface area contributed by atoms with Crippen molar-refractivity contribution < 1.29 is 4.42 Å². The SMILES string of the molecule is CN1CCn2c(-c3cnn(C)c3)cnc2C12CCN(Cc1ccoc1)CC2. The summed E-state index contributed by atoms with van der Waals surface area (Å²) in [5, 5.41) is 4.34. The number of likely N-dealkylation sites (tertiary alicyclic amines) is 1. The molecule has 0 aliphatic carbocycles. The van der Waals surface area contributed by atoms with Gasteiger partial charge in [-0.25, -0.2) is 4.98 Å². The maximum atomic E-state index is 5.22. The minimum atomic E-state index is 0.0333. The first-order valence-electron chi connectivity index (χ1n) is 9.65. The number of rotatable bonds is 3. The summed E-state index contributed by atoms with van der Waals surface area (Å²) in [6.07, 6.45) is 11.9. The number of hydrogen-bond donors (Lipinski definition) is 0. The fourth-order valence-corrected chi connectivity index (χ4v) is 4.72. The van der Waals surface area contributed by atoms with Crippen molar-refractivity contribution >= 4 is 0 Å². The van der Waals surface area contributed by atoms with Crippen LogP contribution < -0.4 is 0 Å². The average Bonchev–Trinajstić information content (AvgIpc) is 3.41. The van der Waals surface area contributed by atoms with Crippen LogP contribution in [0.3, 0.4) is 0 Å². The zero-order chi connectivity index (χ0) is 18.4. The number of nitrogens with zero attached hydrogens (tertiary/aromatic N) is 6. The molecule has 2 aliphatic rings. The molecule has 0 aromatic carbocycles. The van der Waals surface area contributed by atoms with Crippen LogP contribution in [0.25, 0.3) is 11.3 Å². The van der Waals surface area contributed by atoms with Crippen LogP contribution in [0.2, 0.25) is 0 Å². The number of furan rings is 1. The predicted molar refractivity (Wildman–Crippen MR) is 102 cm³/mol. The van der Waals surface area contributed by atoms with Crippen LogP contribution in [0.1, 0.15) is 24.2 Å². The fraction of sp³-hybridized carbons (Fsp3) is 0.500. The first kappa shape index (κ1) is 16.8. The second-order valence-corrected chi connectivity index (χ2v) is 7.88. The van der Waals surface area contributed by atoms with Crippen LogP contribution in [0.5, 0.6) is 0 Å². The molecule has 1 spiro atoms. The maximum Gasteiger partial charge on any atom is 0.129 e. The smallest absolute Gasteiger partial charge is 0.129 e. The summed E-state index contributed by atoms with van der Waals surface area (Å²) in [5.74, 6) is 1.22. The second-order valence-electron chi connectivity index (χ2n) is 7.88. The number of imidazole rings is 1. The van der Waals surface area contributed by atoms with Crippen LogP contribution >= 0.6 is 0 Å². The normalized spacial score (nSPS) is 20.2. The van der Waals surface area contributed by atoms with Gasteiger partial charge >= 0.3 is 0 Å². The standard InChI is InChI=1S/C20H26N6O/c1-23-8-9-26-18(17-11-22-24(2)14-17)12-21-19(26)20(23)4-6-25(7-5-20)13-16-3-10-27-15-16/h3,10-12,14-15H,4-9,13H2,1-2H3. The van der Waals surface area contributed by atoms with E-state index in [0.717, 1.165) is 51.1 Å². The molecule has 7 heteroatoms. The Balaban J connectivity index is 1.42. The predicted octanol–water partition coefficient (Wildman–Crippen LogP) is 2.31. The van der Waals surface area contributed by atoms with Crippen molar-refractivity contribution in [2.24, 2.45) is 7.05 Å². The van der Waals surface area contributed by atoms with Crippen molar-refractivity contribution in [1.29, 1.82) is 0 Å². The highest BCUT2D eigenvalue weighted by atomic mass is 16.3. The Kier molecular flexibility index (Phi) is 3.94. The molecule has 7 nitrogen and oxygen atoms in total. The van der Waals surface area contributed by atoms with Crippen molar-refractivity contribution in [1.82, 2.24) is 29.1 Å². The number of aromatic nitrogens is 4. The molecule has 2 aliphatic heterocycles. The molecule has 0 N–H and O–H groups in total. The van der Waals surface area contributed by atoms with Gasteiger partial charge in [-0.3, -0.25) is 14.5 Å². The lowest BCUT2D eigenvalue weighted by atomic mass is 9.83. The third-order valence-corrected chi connectivity index (χ3v) is 6.33. The number of fused-ring (bicyclic) bond motifs is 2. The van der Waals surface area contributed by atoms with E-state index < -0.39 is 0 Å². The van der Waals surface area contributed by atoms with Crippen LogP contribution in [-0.4, -0.2) is 55.8 Å². The number of piperidine rings is 1. The Bertz CT molecular complexity index is 916. The van der Waals surface area contributed by atoms with E-state index in [1.807, 2.05) is 30.4 Å². The largest absolute Gasteiger partial charge is 0.472 e. The van der Waals surface area contributed by atoms with Gasteiger partial charge in [-0.1, -0.05) is 0 Å². The Hall–Kier alpha value is -2.38. The third kappa shape index (κ3) is 2.73. The molecule has 0 saturated carbocycles. The van der Waals surface area contributed by atoms with E-state index in [2.05, 4.69) is 38.8 Å². The minimum Gasteiger partial charge on any atom is -0.472 e. The van der Waals surface area contributed by atoms with Crippen molar-refractivity contribution in [2.75, 3.05) is 26.7 Å². The van der Waals surface area contributed by atoms with E-state index in [-0.39, 0.29) is 5.54 Å². The third-order valence-electron chi connectivity index (χ3n) is 6.33. The van der Waals surface area contributed by atoms with Gasteiger partial charge < -0.3 is 8.98 Å². The quantitative estimate of drug-likeness (QED) is 0.712. The zero-order valence-electron chi connectivity index (χ0n) is 16.0. The Morgan fingerprint density at radius 2 is 1.96 bits per heavy atom. The van der Waals surface area contributed by atoms with Gasteiger partial charge in [-0.2, -0.15) is 5.10 Å². The summed E-state index contributed by atoms with van der Waals surface area (Å²) in [7, 11) is 4.22. The molecule has 1 saturated heterocycles. The van der Waals surface area contributed by atoms with Crippen molar-refractivity contribution in [3.05, 3.63) is 48.6 Å². The molecule has 0 unspecified atom stereocenters. The van der Waals surface area contributed by atoms with Crippen LogP contribution in [0, 0.1) is 0 Å². The number of likely N-dealkylation sites (N-methyl/N-ethyl adjacent to an activating group) is 1. The van der Waals surface area contributed by atoms with E-state index in [4.69, 9.17) is 9.40 Å². The molecular weight excluding hydrogens is 340 g/mol. The highest BCUT2D eigenvalue weighted by molar-refractivity contribution is 5.57. The summed E-state index contributed by atoms with van der Waals surface area (Å²) in [6.45, 7) is 5.15. The van der Waals surface area contributed by atoms with E-state index >= 15 is 0 Å². The van der Waals surface area contributed by atoms with E-state index in [0.29, 0.717) is 0 Å². The lowest BCUT2D eigenvalue weighted by Crippen LogP contribution is -2.56. The van der Waals surface area contributed by atoms with Gasteiger partial charge in [-0.05, 0) is 26.0 Å². The summed E-state index contributed by atoms with van der Waals surface area (Å²) >= 11 is 0. The molecule has 3 aromatic rings. The van der Waals surface area contributed by atoms with E-state index in [9.17, 15) is 0 Å². The van der Waals surface area contributed by atoms with Gasteiger partial charge in [0, 0.05) is 57.1 Å². The first-order valence-corrected chi connectivity index (χ1v) is 9.65. The lowest BCUT2D eigenvalue weighted by molar-refractivity contribution is 0.00697. The average molecular weight is 366 g/mol. The molecule has 0 radical (unpaired) electrons. The van der Waals surface area contributed by atoms with Crippen LogP contribution in [-0.2, 0) is 25.7 Å². The Morgan fingerprint density at radius 1 is 1.11 bits per heavy atom. The Labute approximate surface area is 159 Å². The molecule has 0 amide bonds. The number of hydrogen-bond acceptors (Lipinski definition) is 5. The summed E-state index contributed by atoms with van der Waals surface area (Å²) in [5.41, 5.74) is 3.62.